The van der Waals surface area contributed by atoms with E-state index >= 15 is 0 Å². The predicted octanol–water partition coefficient (Wildman–Crippen LogP) is 3.15. The summed E-state index contributed by atoms with van der Waals surface area (Å²) in [6.45, 7) is 3.89. The smallest absolute Gasteiger partial charge is 0.241 e. The van der Waals surface area contributed by atoms with Gasteiger partial charge in [-0.25, -0.2) is 4.99 Å². The molecular formula is C18H29BrN4O. The van der Waals surface area contributed by atoms with Gasteiger partial charge >= 0.3 is 0 Å². The minimum atomic E-state index is 0.0270. The Labute approximate surface area is 154 Å². The maximum atomic E-state index is 11.7. The lowest BCUT2D eigenvalue weighted by molar-refractivity contribution is -0.127. The van der Waals surface area contributed by atoms with Crippen LogP contribution in [-0.2, 0) is 11.3 Å². The van der Waals surface area contributed by atoms with Gasteiger partial charge in [-0.15, -0.1) is 0 Å². The highest BCUT2D eigenvalue weighted by molar-refractivity contribution is 9.10. The fraction of sp³-hybridized carbons (Fsp3) is 0.556. The molecule has 1 aromatic carbocycles. The van der Waals surface area contributed by atoms with Crippen LogP contribution in [0.1, 0.15) is 38.2 Å². The Balaban J connectivity index is 2.55. The van der Waals surface area contributed by atoms with Gasteiger partial charge in [0.05, 0.1) is 13.1 Å². The van der Waals surface area contributed by atoms with Gasteiger partial charge in [-0.05, 0) is 24.1 Å². The molecule has 0 aromatic heterocycles. The van der Waals surface area contributed by atoms with Gasteiger partial charge in [0.1, 0.15) is 0 Å². The number of hydrogen-bond donors (Lipinski definition) is 2. The number of carbonyl (C=O) groups is 1. The van der Waals surface area contributed by atoms with Crippen molar-refractivity contribution >= 4 is 27.8 Å². The van der Waals surface area contributed by atoms with Gasteiger partial charge < -0.3 is 15.5 Å². The normalized spacial score (nSPS) is 11.2. The average molecular weight is 397 g/mol. The number of unbranched alkanes of at least 4 members (excludes halogenated alkanes) is 3. The first kappa shape index (κ1) is 20.5. The fourth-order valence-electron chi connectivity index (χ4n) is 2.01. The summed E-state index contributed by atoms with van der Waals surface area (Å²) >= 11 is 3.43. The zero-order valence-corrected chi connectivity index (χ0v) is 16.5. The molecule has 0 aliphatic rings. The van der Waals surface area contributed by atoms with E-state index < -0.39 is 0 Å². The Morgan fingerprint density at radius 1 is 1.12 bits per heavy atom. The van der Waals surface area contributed by atoms with Crippen molar-refractivity contribution in [2.24, 2.45) is 4.99 Å². The highest BCUT2D eigenvalue weighted by atomic mass is 79.9. The van der Waals surface area contributed by atoms with Crippen LogP contribution in [0.15, 0.2) is 33.7 Å². The van der Waals surface area contributed by atoms with E-state index in [-0.39, 0.29) is 12.5 Å². The standard InChI is InChI=1S/C18H29BrN4O/c1-4-5-6-7-12-20-18(22-14-17(24)23(2)3)21-13-15-8-10-16(19)11-9-15/h8-11H,4-7,12-14H2,1-3H3,(H2,20,21,22). The second-order valence-corrected chi connectivity index (χ2v) is 6.84. The maximum Gasteiger partial charge on any atom is 0.241 e. The third kappa shape index (κ3) is 8.91. The average Bonchev–Trinajstić information content (AvgIpc) is 2.57. The number of likely N-dealkylation sites (N-methyl/N-ethyl adjacent to an activating group) is 1. The molecule has 0 aliphatic heterocycles. The molecule has 24 heavy (non-hydrogen) atoms. The molecule has 134 valence electrons. The number of guanidine groups is 1. The molecule has 2 N–H and O–H groups in total. The van der Waals surface area contributed by atoms with E-state index in [0.29, 0.717) is 12.5 Å². The van der Waals surface area contributed by atoms with E-state index in [9.17, 15) is 4.79 Å². The molecule has 0 saturated carbocycles. The van der Waals surface area contributed by atoms with Crippen molar-refractivity contribution in [3.63, 3.8) is 0 Å². The summed E-state index contributed by atoms with van der Waals surface area (Å²) < 4.78 is 1.05. The number of amides is 1. The van der Waals surface area contributed by atoms with Crippen molar-refractivity contribution in [3.8, 4) is 0 Å². The SMILES string of the molecule is CCCCCCNC(=NCc1ccc(Br)cc1)NCC(=O)N(C)C. The first-order valence-corrected chi connectivity index (χ1v) is 9.29. The molecule has 0 atom stereocenters. The second-order valence-electron chi connectivity index (χ2n) is 5.92. The summed E-state index contributed by atoms with van der Waals surface area (Å²) in [5, 5.41) is 6.43. The van der Waals surface area contributed by atoms with Gasteiger partial charge in [-0.1, -0.05) is 54.2 Å². The Bertz CT molecular complexity index is 514. The molecule has 0 bridgehead atoms. The van der Waals surface area contributed by atoms with Crippen LogP contribution in [0.3, 0.4) is 0 Å². The first-order valence-electron chi connectivity index (χ1n) is 8.49. The minimum absolute atomic E-state index is 0.0270. The molecule has 6 heteroatoms. The second kappa shape index (κ2) is 11.9. The minimum Gasteiger partial charge on any atom is -0.356 e. The number of carbonyl (C=O) groups excluding carboxylic acids is 1. The number of halogens is 1. The van der Waals surface area contributed by atoms with E-state index in [4.69, 9.17) is 0 Å². The summed E-state index contributed by atoms with van der Waals surface area (Å²) in [5.74, 6) is 0.712. The molecule has 0 unspecified atom stereocenters. The number of nitrogens with one attached hydrogen (secondary N) is 2. The number of aliphatic imine (C=N–C) groups is 1. The van der Waals surface area contributed by atoms with E-state index in [1.54, 1.807) is 19.0 Å². The monoisotopic (exact) mass is 396 g/mol. The Morgan fingerprint density at radius 2 is 1.83 bits per heavy atom. The van der Waals surface area contributed by atoms with E-state index in [2.05, 4.69) is 38.5 Å². The predicted molar refractivity (Wildman–Crippen MR) is 104 cm³/mol. The highest BCUT2D eigenvalue weighted by Crippen LogP contribution is 2.11. The van der Waals surface area contributed by atoms with E-state index in [0.717, 1.165) is 23.0 Å². The third-order valence-corrected chi connectivity index (χ3v) is 4.09. The molecule has 0 aliphatic carbocycles. The number of hydrogen-bond acceptors (Lipinski definition) is 2. The zero-order chi connectivity index (χ0) is 17.8. The van der Waals surface area contributed by atoms with Crippen molar-refractivity contribution in [1.82, 2.24) is 15.5 Å². The van der Waals surface area contributed by atoms with Crippen molar-refractivity contribution in [1.29, 1.82) is 0 Å². The summed E-state index contributed by atoms with van der Waals surface area (Å²) in [4.78, 5) is 17.9. The van der Waals surface area contributed by atoms with Crippen molar-refractivity contribution in [2.45, 2.75) is 39.2 Å². The van der Waals surface area contributed by atoms with Crippen molar-refractivity contribution in [3.05, 3.63) is 34.3 Å². The van der Waals surface area contributed by atoms with Crippen LogP contribution < -0.4 is 10.6 Å². The number of nitrogens with zero attached hydrogens (tertiary/aromatic N) is 2. The molecule has 0 spiro atoms. The van der Waals surface area contributed by atoms with Crippen LogP contribution in [-0.4, -0.2) is 44.0 Å². The van der Waals surface area contributed by atoms with Crippen LogP contribution in [0.5, 0.6) is 0 Å². The largest absolute Gasteiger partial charge is 0.356 e. The summed E-state index contributed by atoms with van der Waals surface area (Å²) in [5.41, 5.74) is 1.13. The Hall–Kier alpha value is -1.56. The van der Waals surface area contributed by atoms with E-state index in [1.165, 1.54) is 19.3 Å². The highest BCUT2D eigenvalue weighted by Gasteiger charge is 2.05. The number of rotatable bonds is 9. The molecule has 1 rings (SSSR count). The molecule has 5 nitrogen and oxygen atoms in total. The molecule has 1 aromatic rings. The van der Waals surface area contributed by atoms with Gasteiger partial charge in [-0.3, -0.25) is 4.79 Å². The van der Waals surface area contributed by atoms with Gasteiger partial charge in [0, 0.05) is 25.1 Å². The molecule has 0 radical (unpaired) electrons. The zero-order valence-electron chi connectivity index (χ0n) is 14.9. The van der Waals surface area contributed by atoms with Gasteiger partial charge in [0.15, 0.2) is 5.96 Å². The summed E-state index contributed by atoms with van der Waals surface area (Å²) in [6.07, 6.45) is 4.79. The maximum absolute atomic E-state index is 11.7. The molecule has 0 fully saturated rings. The lowest BCUT2D eigenvalue weighted by Gasteiger charge is -2.15. The van der Waals surface area contributed by atoms with Gasteiger partial charge in [-0.2, -0.15) is 0 Å². The van der Waals surface area contributed by atoms with Crippen LogP contribution in [0.25, 0.3) is 0 Å². The molecule has 1 amide bonds. The molecular weight excluding hydrogens is 368 g/mol. The van der Waals surface area contributed by atoms with Crippen molar-refractivity contribution in [2.75, 3.05) is 27.2 Å². The fourth-order valence-corrected chi connectivity index (χ4v) is 2.27. The summed E-state index contributed by atoms with van der Waals surface area (Å²) in [6, 6.07) is 8.09. The topological polar surface area (TPSA) is 56.7 Å². The Kier molecular flexibility index (Phi) is 10.2. The third-order valence-electron chi connectivity index (χ3n) is 3.56. The van der Waals surface area contributed by atoms with Crippen LogP contribution >= 0.6 is 15.9 Å². The number of benzene rings is 1. The molecule has 0 saturated heterocycles. The van der Waals surface area contributed by atoms with Crippen molar-refractivity contribution < 1.29 is 4.79 Å². The lowest BCUT2D eigenvalue weighted by atomic mass is 10.2. The van der Waals surface area contributed by atoms with Crippen LogP contribution in [0.4, 0.5) is 0 Å². The quantitative estimate of drug-likeness (QED) is 0.382. The lowest BCUT2D eigenvalue weighted by Crippen LogP contribution is -2.43. The van der Waals surface area contributed by atoms with Crippen LogP contribution in [0, 0.1) is 0 Å². The van der Waals surface area contributed by atoms with E-state index in [1.807, 2.05) is 24.3 Å². The van der Waals surface area contributed by atoms with Gasteiger partial charge in [0.25, 0.3) is 0 Å². The Morgan fingerprint density at radius 3 is 2.46 bits per heavy atom. The van der Waals surface area contributed by atoms with Gasteiger partial charge in [0.2, 0.25) is 5.91 Å². The van der Waals surface area contributed by atoms with Crippen LogP contribution in [0.2, 0.25) is 0 Å². The summed E-state index contributed by atoms with van der Waals surface area (Å²) in [7, 11) is 3.50. The first-order chi connectivity index (χ1) is 11.5. The molecule has 0 heterocycles.